The molecule has 0 aromatic heterocycles. The summed E-state index contributed by atoms with van der Waals surface area (Å²) in [5.74, 6) is 0. The van der Waals surface area contributed by atoms with Crippen molar-refractivity contribution in [3.63, 3.8) is 0 Å². The zero-order valence-electron chi connectivity index (χ0n) is 15.8. The Hall–Kier alpha value is -4.33. The topological polar surface area (TPSA) is 111 Å². The van der Waals surface area contributed by atoms with Crippen LogP contribution in [0.5, 0.6) is 0 Å². The minimum absolute atomic E-state index is 0.0734. The van der Waals surface area contributed by atoms with E-state index in [9.17, 15) is 20.2 Å². The fourth-order valence-electron chi connectivity index (χ4n) is 2.71. The van der Waals surface area contributed by atoms with Crippen molar-refractivity contribution in [3.8, 4) is 0 Å². The van der Waals surface area contributed by atoms with E-state index in [4.69, 9.17) is 0 Å². The number of anilines is 1. The van der Waals surface area contributed by atoms with Crippen LogP contribution in [0.3, 0.4) is 0 Å². The molecule has 30 heavy (non-hydrogen) atoms. The van der Waals surface area contributed by atoms with Crippen molar-refractivity contribution in [2.45, 2.75) is 6.42 Å². The summed E-state index contributed by atoms with van der Waals surface area (Å²) in [5.41, 5.74) is 4.63. The molecular formula is C22H18N4O4. The highest BCUT2D eigenvalue weighted by Gasteiger charge is 2.19. The van der Waals surface area contributed by atoms with E-state index in [1.165, 1.54) is 12.1 Å². The lowest BCUT2D eigenvalue weighted by atomic mass is 10.1. The number of non-ortho nitro benzene ring substituents is 1. The van der Waals surface area contributed by atoms with Gasteiger partial charge in [0.15, 0.2) is 0 Å². The molecule has 0 spiro atoms. The number of nitro groups is 2. The van der Waals surface area contributed by atoms with Gasteiger partial charge in [-0.2, -0.15) is 5.10 Å². The first-order chi connectivity index (χ1) is 14.5. The van der Waals surface area contributed by atoms with Crippen LogP contribution in [0.25, 0.3) is 6.08 Å². The maximum absolute atomic E-state index is 11.3. The van der Waals surface area contributed by atoms with Gasteiger partial charge in [0.2, 0.25) is 0 Å². The number of hydrogen-bond acceptors (Lipinski definition) is 6. The molecule has 3 rings (SSSR count). The number of benzene rings is 3. The smallest absolute Gasteiger partial charge is 0.271 e. The molecule has 0 saturated carbocycles. The monoisotopic (exact) mass is 402 g/mol. The molecule has 0 bridgehead atoms. The molecule has 0 saturated heterocycles. The van der Waals surface area contributed by atoms with Crippen LogP contribution in [-0.4, -0.2) is 15.6 Å². The van der Waals surface area contributed by atoms with E-state index in [2.05, 4.69) is 10.5 Å². The maximum Gasteiger partial charge on any atom is 0.301 e. The number of hydrogen-bond donors (Lipinski definition) is 1. The third-order valence-electron chi connectivity index (χ3n) is 4.20. The highest BCUT2D eigenvalue weighted by molar-refractivity contribution is 6.00. The summed E-state index contributed by atoms with van der Waals surface area (Å²) >= 11 is 0. The quantitative estimate of drug-likeness (QED) is 0.315. The van der Waals surface area contributed by atoms with Gasteiger partial charge in [0.05, 0.1) is 21.6 Å². The Balaban J connectivity index is 1.90. The van der Waals surface area contributed by atoms with Crippen LogP contribution in [0.2, 0.25) is 0 Å². The molecular weight excluding hydrogens is 384 g/mol. The van der Waals surface area contributed by atoms with Crippen molar-refractivity contribution in [2.24, 2.45) is 5.10 Å². The second-order valence-electron chi connectivity index (χ2n) is 6.34. The molecule has 8 nitrogen and oxygen atoms in total. The van der Waals surface area contributed by atoms with Gasteiger partial charge in [-0.1, -0.05) is 66.7 Å². The lowest BCUT2D eigenvalue weighted by Crippen LogP contribution is -2.05. The molecule has 0 heterocycles. The number of hydrazone groups is 1. The Labute approximate surface area is 172 Å². The second-order valence-corrected chi connectivity index (χ2v) is 6.34. The molecule has 0 radical (unpaired) electrons. The number of nitrogens with one attached hydrogen (secondary N) is 1. The molecule has 150 valence electrons. The van der Waals surface area contributed by atoms with Crippen LogP contribution in [-0.2, 0) is 6.42 Å². The average molecular weight is 402 g/mol. The standard InChI is InChI=1S/C22H18N4O4/c27-25(28)20-13-14-21(22(16-20)26(29)30)24-23-19(15-18-9-5-2-6-10-18)12-11-17-7-3-1-4-8-17/h1-14,16,24H,15H2/b12-11?,23-19-. The Morgan fingerprint density at radius 3 is 2.20 bits per heavy atom. The number of allylic oxidation sites excluding steroid dienone is 1. The highest BCUT2D eigenvalue weighted by Crippen LogP contribution is 2.29. The number of rotatable bonds is 8. The summed E-state index contributed by atoms with van der Waals surface area (Å²) in [7, 11) is 0. The first-order valence-corrected chi connectivity index (χ1v) is 9.05. The van der Waals surface area contributed by atoms with Crippen LogP contribution < -0.4 is 5.43 Å². The van der Waals surface area contributed by atoms with Crippen molar-refractivity contribution < 1.29 is 9.85 Å². The Bertz CT molecular complexity index is 1100. The Morgan fingerprint density at radius 1 is 0.900 bits per heavy atom. The van der Waals surface area contributed by atoms with Crippen LogP contribution in [0.15, 0.2) is 90.0 Å². The van der Waals surface area contributed by atoms with Crippen LogP contribution >= 0.6 is 0 Å². The fraction of sp³-hybridized carbons (Fsp3) is 0.0455. The molecule has 3 aromatic carbocycles. The van der Waals surface area contributed by atoms with E-state index in [0.717, 1.165) is 17.2 Å². The minimum atomic E-state index is -0.679. The van der Waals surface area contributed by atoms with Crippen molar-refractivity contribution in [3.05, 3.63) is 116 Å². The van der Waals surface area contributed by atoms with Gasteiger partial charge < -0.3 is 0 Å². The third kappa shape index (κ3) is 5.59. The van der Waals surface area contributed by atoms with E-state index in [0.29, 0.717) is 12.1 Å². The summed E-state index contributed by atoms with van der Waals surface area (Å²) in [4.78, 5) is 20.9. The van der Waals surface area contributed by atoms with Crippen molar-refractivity contribution in [1.82, 2.24) is 0 Å². The van der Waals surface area contributed by atoms with Gasteiger partial charge in [-0.3, -0.25) is 25.7 Å². The molecule has 0 atom stereocenters. The van der Waals surface area contributed by atoms with E-state index < -0.39 is 15.5 Å². The zero-order chi connectivity index (χ0) is 21.3. The first kappa shape index (κ1) is 20.4. The van der Waals surface area contributed by atoms with Crippen LogP contribution in [0.4, 0.5) is 17.1 Å². The van der Waals surface area contributed by atoms with Gasteiger partial charge in [0, 0.05) is 12.5 Å². The van der Waals surface area contributed by atoms with Crippen molar-refractivity contribution in [2.75, 3.05) is 5.43 Å². The van der Waals surface area contributed by atoms with Crippen LogP contribution in [0, 0.1) is 20.2 Å². The predicted molar refractivity (Wildman–Crippen MR) is 116 cm³/mol. The molecule has 0 fully saturated rings. The minimum Gasteiger partial charge on any atom is -0.271 e. The van der Waals surface area contributed by atoms with E-state index in [-0.39, 0.29) is 11.4 Å². The largest absolute Gasteiger partial charge is 0.301 e. The highest BCUT2D eigenvalue weighted by atomic mass is 16.6. The summed E-state index contributed by atoms with van der Waals surface area (Å²) < 4.78 is 0. The van der Waals surface area contributed by atoms with Crippen molar-refractivity contribution in [1.29, 1.82) is 0 Å². The molecule has 3 aromatic rings. The van der Waals surface area contributed by atoms with Gasteiger partial charge >= 0.3 is 5.69 Å². The Kier molecular flexibility index (Phi) is 6.63. The molecule has 8 heteroatoms. The average Bonchev–Trinajstić information content (AvgIpc) is 2.76. The van der Waals surface area contributed by atoms with E-state index >= 15 is 0 Å². The Morgan fingerprint density at radius 2 is 1.57 bits per heavy atom. The van der Waals surface area contributed by atoms with Gasteiger partial charge in [-0.15, -0.1) is 0 Å². The number of nitrogens with zero attached hydrogens (tertiary/aromatic N) is 3. The van der Waals surface area contributed by atoms with E-state index in [1.807, 2.05) is 72.8 Å². The lowest BCUT2D eigenvalue weighted by molar-refractivity contribution is -0.393. The molecule has 0 aliphatic carbocycles. The zero-order valence-corrected chi connectivity index (χ0v) is 15.8. The maximum atomic E-state index is 11.3. The predicted octanol–water partition coefficient (Wildman–Crippen LogP) is 5.23. The van der Waals surface area contributed by atoms with Gasteiger partial charge in [0.1, 0.15) is 5.69 Å². The molecule has 0 unspecified atom stereocenters. The SMILES string of the molecule is O=[N+]([O-])c1ccc(N/N=C(/C=Cc2ccccc2)Cc2ccccc2)c([N+](=O)[O-])c1. The molecule has 1 N–H and O–H groups in total. The summed E-state index contributed by atoms with van der Waals surface area (Å²) in [5, 5.41) is 26.6. The molecule has 0 amide bonds. The number of nitro benzene ring substituents is 2. The van der Waals surface area contributed by atoms with Crippen molar-refractivity contribution >= 4 is 28.8 Å². The fourth-order valence-corrected chi connectivity index (χ4v) is 2.71. The summed E-state index contributed by atoms with van der Waals surface area (Å²) in [6.07, 6.45) is 4.22. The van der Waals surface area contributed by atoms with Gasteiger partial charge in [-0.25, -0.2) is 0 Å². The lowest BCUT2D eigenvalue weighted by Gasteiger charge is -2.06. The van der Waals surface area contributed by atoms with Crippen LogP contribution in [0.1, 0.15) is 11.1 Å². The normalized spacial score (nSPS) is 11.4. The third-order valence-corrected chi connectivity index (χ3v) is 4.20. The summed E-state index contributed by atoms with van der Waals surface area (Å²) in [6, 6.07) is 22.7. The second kappa shape index (κ2) is 9.74. The van der Waals surface area contributed by atoms with E-state index in [1.54, 1.807) is 0 Å². The summed E-state index contributed by atoms with van der Waals surface area (Å²) in [6.45, 7) is 0. The molecule has 0 aliphatic rings. The first-order valence-electron chi connectivity index (χ1n) is 9.05. The molecule has 0 aliphatic heterocycles. The van der Waals surface area contributed by atoms with Gasteiger partial charge in [-0.05, 0) is 23.3 Å². The van der Waals surface area contributed by atoms with Gasteiger partial charge in [0.25, 0.3) is 5.69 Å².